The van der Waals surface area contributed by atoms with Gasteiger partial charge in [-0.3, -0.25) is 0 Å². The summed E-state index contributed by atoms with van der Waals surface area (Å²) in [7, 11) is -2.05. The van der Waals surface area contributed by atoms with Crippen LogP contribution in [-0.4, -0.2) is 39.6 Å². The Balaban J connectivity index is 0.00000242. The number of pyridine rings is 1. The maximum Gasteiger partial charge on any atom is 0.242 e. The van der Waals surface area contributed by atoms with E-state index in [4.69, 9.17) is 4.74 Å². The van der Waals surface area contributed by atoms with E-state index in [0.29, 0.717) is 12.4 Å². The number of ether oxygens (including phenoxy) is 1. The predicted molar refractivity (Wildman–Crippen MR) is 88.0 cm³/mol. The molecular weight excluding hydrogens is 326 g/mol. The number of nitrogens with zero attached hydrogens (tertiary/aromatic N) is 1. The van der Waals surface area contributed by atoms with E-state index in [9.17, 15) is 8.42 Å². The largest absolute Gasteiger partial charge is 0.481 e. The highest BCUT2D eigenvalue weighted by molar-refractivity contribution is 7.89. The molecule has 1 aromatic heterocycles. The number of hydrogen-bond donors (Lipinski definition) is 2. The molecule has 0 amide bonds. The van der Waals surface area contributed by atoms with Crippen molar-refractivity contribution >= 4 is 22.4 Å². The number of aromatic nitrogens is 1. The summed E-state index contributed by atoms with van der Waals surface area (Å²) in [6.07, 6.45) is 3.52. The Kier molecular flexibility index (Phi) is 6.61. The molecule has 2 heterocycles. The molecule has 0 bridgehead atoms. The summed E-state index contributed by atoms with van der Waals surface area (Å²) in [5, 5.41) is 3.39. The number of rotatable bonds is 5. The van der Waals surface area contributed by atoms with Crippen LogP contribution in [0.2, 0.25) is 0 Å². The highest BCUT2D eigenvalue weighted by atomic mass is 35.5. The van der Waals surface area contributed by atoms with Gasteiger partial charge in [-0.25, -0.2) is 18.1 Å². The summed E-state index contributed by atoms with van der Waals surface area (Å²) >= 11 is 0. The molecule has 1 aliphatic rings. The summed E-state index contributed by atoms with van der Waals surface area (Å²) < 4.78 is 32.1. The predicted octanol–water partition coefficient (Wildman–Crippen LogP) is 1.57. The second-order valence-corrected chi connectivity index (χ2v) is 7.75. The number of halogens is 1. The van der Waals surface area contributed by atoms with Crippen LogP contribution in [0, 0.1) is 5.41 Å². The third-order valence-corrected chi connectivity index (χ3v) is 5.45. The van der Waals surface area contributed by atoms with Crippen LogP contribution in [0.3, 0.4) is 0 Å². The third kappa shape index (κ3) is 4.55. The van der Waals surface area contributed by atoms with Crippen molar-refractivity contribution in [3.63, 3.8) is 0 Å². The van der Waals surface area contributed by atoms with E-state index in [0.717, 1.165) is 19.4 Å². The Morgan fingerprint density at radius 3 is 2.73 bits per heavy atom. The van der Waals surface area contributed by atoms with Gasteiger partial charge >= 0.3 is 0 Å². The Bertz CT molecular complexity index is 576. The molecule has 6 nitrogen and oxygen atoms in total. The molecule has 0 saturated carbocycles. The lowest BCUT2D eigenvalue weighted by Crippen LogP contribution is -2.52. The van der Waals surface area contributed by atoms with Crippen molar-refractivity contribution in [1.82, 2.24) is 15.0 Å². The lowest BCUT2D eigenvalue weighted by atomic mass is 9.78. The Morgan fingerprint density at radius 2 is 2.18 bits per heavy atom. The van der Waals surface area contributed by atoms with Crippen LogP contribution in [0.1, 0.15) is 26.7 Å². The minimum atomic E-state index is -3.54. The standard InChI is InChI=1S/C14H23N3O3S.ClH/c1-14(2)7-4-8-15-12(14)10-17-21(18,19)11-5-6-13(20-3)16-9-11;/h5-6,9,12,15,17H,4,7-8,10H2,1-3H3;1H. The van der Waals surface area contributed by atoms with Crippen molar-refractivity contribution in [1.29, 1.82) is 0 Å². The van der Waals surface area contributed by atoms with Crippen molar-refractivity contribution in [3.8, 4) is 5.88 Å². The summed E-state index contributed by atoms with van der Waals surface area (Å²) in [6.45, 7) is 5.63. The maximum absolute atomic E-state index is 12.3. The minimum absolute atomic E-state index is 0. The molecule has 1 aromatic rings. The average Bonchev–Trinajstić information content (AvgIpc) is 2.46. The molecule has 126 valence electrons. The molecule has 22 heavy (non-hydrogen) atoms. The van der Waals surface area contributed by atoms with Crippen LogP contribution in [0.4, 0.5) is 0 Å². The summed E-state index contributed by atoms with van der Waals surface area (Å²) in [6, 6.07) is 3.16. The molecule has 8 heteroatoms. The zero-order chi connectivity index (χ0) is 15.5. The number of methoxy groups -OCH3 is 1. The molecule has 1 aliphatic heterocycles. The van der Waals surface area contributed by atoms with E-state index in [1.165, 1.54) is 25.4 Å². The molecule has 1 saturated heterocycles. The fraction of sp³-hybridized carbons (Fsp3) is 0.643. The highest BCUT2D eigenvalue weighted by Gasteiger charge is 2.32. The fourth-order valence-corrected chi connectivity index (χ4v) is 3.53. The monoisotopic (exact) mass is 349 g/mol. The van der Waals surface area contributed by atoms with E-state index >= 15 is 0 Å². The molecule has 0 radical (unpaired) electrons. The van der Waals surface area contributed by atoms with Gasteiger partial charge in [0.1, 0.15) is 4.90 Å². The zero-order valence-electron chi connectivity index (χ0n) is 13.1. The second kappa shape index (κ2) is 7.59. The van der Waals surface area contributed by atoms with Crippen LogP contribution in [0.25, 0.3) is 0 Å². The van der Waals surface area contributed by atoms with Gasteiger partial charge in [0.05, 0.1) is 13.3 Å². The average molecular weight is 350 g/mol. The summed E-state index contributed by atoms with van der Waals surface area (Å²) in [4.78, 5) is 4.08. The fourth-order valence-electron chi connectivity index (χ4n) is 2.54. The van der Waals surface area contributed by atoms with Crippen LogP contribution in [0.5, 0.6) is 5.88 Å². The molecule has 1 atom stereocenters. The lowest BCUT2D eigenvalue weighted by Gasteiger charge is -2.39. The smallest absolute Gasteiger partial charge is 0.242 e. The van der Waals surface area contributed by atoms with Gasteiger partial charge in [-0.05, 0) is 30.9 Å². The molecular formula is C14H24ClN3O3S. The van der Waals surface area contributed by atoms with Crippen LogP contribution < -0.4 is 14.8 Å². The van der Waals surface area contributed by atoms with Gasteiger partial charge in [-0.15, -0.1) is 12.4 Å². The zero-order valence-corrected chi connectivity index (χ0v) is 14.8. The first-order valence-electron chi connectivity index (χ1n) is 7.08. The summed E-state index contributed by atoms with van der Waals surface area (Å²) in [5.74, 6) is 0.393. The van der Waals surface area contributed by atoms with Crippen molar-refractivity contribution in [2.24, 2.45) is 5.41 Å². The first-order valence-corrected chi connectivity index (χ1v) is 8.56. The molecule has 1 fully saturated rings. The first kappa shape index (κ1) is 19.2. The normalized spacial score (nSPS) is 21.0. The van der Waals surface area contributed by atoms with Gasteiger partial charge in [0.25, 0.3) is 0 Å². The van der Waals surface area contributed by atoms with E-state index in [-0.39, 0.29) is 28.8 Å². The molecule has 2 rings (SSSR count). The van der Waals surface area contributed by atoms with Crippen molar-refractivity contribution in [3.05, 3.63) is 18.3 Å². The molecule has 0 spiro atoms. The molecule has 0 aliphatic carbocycles. The topological polar surface area (TPSA) is 80.3 Å². The van der Waals surface area contributed by atoms with Gasteiger partial charge < -0.3 is 10.1 Å². The molecule has 2 N–H and O–H groups in total. The number of sulfonamides is 1. The maximum atomic E-state index is 12.3. The molecule has 1 unspecified atom stereocenters. The quantitative estimate of drug-likeness (QED) is 0.843. The Morgan fingerprint density at radius 1 is 1.45 bits per heavy atom. The van der Waals surface area contributed by atoms with E-state index < -0.39 is 10.0 Å². The van der Waals surface area contributed by atoms with Gasteiger partial charge in [-0.2, -0.15) is 0 Å². The first-order chi connectivity index (χ1) is 9.85. The highest BCUT2D eigenvalue weighted by Crippen LogP contribution is 2.29. The summed E-state index contributed by atoms with van der Waals surface area (Å²) in [5.41, 5.74) is 0.0823. The number of hydrogen-bond acceptors (Lipinski definition) is 5. The Hall–Kier alpha value is -0.890. The SMILES string of the molecule is COc1ccc(S(=O)(=O)NCC2NCCCC2(C)C)cn1.Cl. The van der Waals surface area contributed by atoms with Crippen LogP contribution in [-0.2, 0) is 10.0 Å². The van der Waals surface area contributed by atoms with E-state index in [2.05, 4.69) is 28.9 Å². The van der Waals surface area contributed by atoms with E-state index in [1.54, 1.807) is 0 Å². The van der Waals surface area contributed by atoms with Gasteiger partial charge in [-0.1, -0.05) is 13.8 Å². The van der Waals surface area contributed by atoms with Crippen molar-refractivity contribution in [2.45, 2.75) is 37.6 Å². The lowest BCUT2D eigenvalue weighted by molar-refractivity contribution is 0.181. The van der Waals surface area contributed by atoms with Crippen LogP contribution >= 0.6 is 12.4 Å². The van der Waals surface area contributed by atoms with Gasteiger partial charge in [0, 0.05) is 18.7 Å². The van der Waals surface area contributed by atoms with Gasteiger partial charge in [0.15, 0.2) is 0 Å². The van der Waals surface area contributed by atoms with Gasteiger partial charge in [0.2, 0.25) is 15.9 Å². The van der Waals surface area contributed by atoms with E-state index in [1.807, 2.05) is 0 Å². The molecule has 0 aromatic carbocycles. The number of piperidine rings is 1. The van der Waals surface area contributed by atoms with Crippen LogP contribution in [0.15, 0.2) is 23.2 Å². The second-order valence-electron chi connectivity index (χ2n) is 5.99. The Labute approximate surface area is 138 Å². The van der Waals surface area contributed by atoms with Crippen molar-refractivity contribution < 1.29 is 13.2 Å². The third-order valence-electron chi connectivity index (χ3n) is 4.04. The number of nitrogens with one attached hydrogen (secondary N) is 2. The minimum Gasteiger partial charge on any atom is -0.481 e. The van der Waals surface area contributed by atoms with Crippen molar-refractivity contribution in [2.75, 3.05) is 20.2 Å².